The number of alkyl halides is 2. The van der Waals surface area contributed by atoms with E-state index in [2.05, 4.69) is 6.92 Å². The summed E-state index contributed by atoms with van der Waals surface area (Å²) >= 11 is 0. The molecule has 0 amide bonds. The maximum atomic E-state index is 14.6. The third-order valence-corrected chi connectivity index (χ3v) is 7.48. The van der Waals surface area contributed by atoms with Crippen molar-refractivity contribution >= 4 is 0 Å². The van der Waals surface area contributed by atoms with Crippen LogP contribution in [0.2, 0.25) is 0 Å². The van der Waals surface area contributed by atoms with E-state index in [1.807, 2.05) is 19.1 Å². The summed E-state index contributed by atoms with van der Waals surface area (Å²) in [5.41, 5.74) is 2.13. The molecule has 0 aromatic heterocycles. The Morgan fingerprint density at radius 2 is 1.27 bits per heavy atom. The quantitative estimate of drug-likeness (QED) is 0.480. The van der Waals surface area contributed by atoms with Crippen LogP contribution in [-0.4, -0.2) is 0 Å². The third-order valence-electron chi connectivity index (χ3n) is 7.48. The van der Waals surface area contributed by atoms with Crippen LogP contribution in [0, 0.1) is 24.7 Å². The van der Waals surface area contributed by atoms with Crippen LogP contribution < -0.4 is 4.74 Å². The maximum Gasteiger partial charge on any atom is 0.426 e. The Bertz CT molecular complexity index is 796. The van der Waals surface area contributed by atoms with Gasteiger partial charge in [0.25, 0.3) is 0 Å². The summed E-state index contributed by atoms with van der Waals surface area (Å²) in [7, 11) is 0. The molecular formula is C27H34F2O. The fourth-order valence-electron chi connectivity index (χ4n) is 5.44. The van der Waals surface area contributed by atoms with Crippen LogP contribution in [-0.2, 0) is 6.11 Å². The molecule has 4 rings (SSSR count). The van der Waals surface area contributed by atoms with Gasteiger partial charge in [-0.3, -0.25) is 0 Å². The number of ether oxygens (including phenoxy) is 1. The van der Waals surface area contributed by atoms with Crippen molar-refractivity contribution < 1.29 is 13.5 Å². The van der Waals surface area contributed by atoms with Crippen LogP contribution >= 0.6 is 0 Å². The largest absolute Gasteiger partial charge is 0.429 e. The summed E-state index contributed by atoms with van der Waals surface area (Å²) in [5, 5.41) is 0. The first-order valence-corrected chi connectivity index (χ1v) is 11.6. The molecular weight excluding hydrogens is 378 g/mol. The molecule has 0 N–H and O–H groups in total. The summed E-state index contributed by atoms with van der Waals surface area (Å²) < 4.78 is 34.1. The van der Waals surface area contributed by atoms with Crippen LogP contribution in [0.1, 0.15) is 80.9 Å². The summed E-state index contributed by atoms with van der Waals surface area (Å²) in [5.74, 6) is 3.39. The molecule has 0 unspecified atom stereocenters. The van der Waals surface area contributed by atoms with E-state index in [1.54, 1.807) is 24.3 Å². The van der Waals surface area contributed by atoms with Gasteiger partial charge in [-0.15, -0.1) is 0 Å². The van der Waals surface area contributed by atoms with Gasteiger partial charge in [-0.2, -0.15) is 8.78 Å². The average molecular weight is 413 g/mol. The fraction of sp³-hybridized carbons (Fsp3) is 0.556. The van der Waals surface area contributed by atoms with E-state index >= 15 is 0 Å². The lowest BCUT2D eigenvalue weighted by molar-refractivity contribution is -0.185. The summed E-state index contributed by atoms with van der Waals surface area (Å²) in [4.78, 5) is 0. The van der Waals surface area contributed by atoms with Gasteiger partial charge in [0.15, 0.2) is 0 Å². The number of aryl methyl sites for hydroxylation is 1. The highest BCUT2D eigenvalue weighted by atomic mass is 19.3. The van der Waals surface area contributed by atoms with Crippen LogP contribution in [0.4, 0.5) is 8.78 Å². The van der Waals surface area contributed by atoms with Gasteiger partial charge in [-0.1, -0.05) is 49.6 Å². The number of hydrogen-bond donors (Lipinski definition) is 0. The topological polar surface area (TPSA) is 9.23 Å². The zero-order valence-corrected chi connectivity index (χ0v) is 18.2. The lowest BCUT2D eigenvalue weighted by Crippen LogP contribution is -2.25. The van der Waals surface area contributed by atoms with Gasteiger partial charge in [0.1, 0.15) is 5.75 Å². The minimum absolute atomic E-state index is 0.0863. The van der Waals surface area contributed by atoms with E-state index in [1.165, 1.54) is 69.1 Å². The predicted molar refractivity (Wildman–Crippen MR) is 118 cm³/mol. The molecule has 0 spiro atoms. The van der Waals surface area contributed by atoms with Crippen molar-refractivity contribution in [2.45, 2.75) is 77.2 Å². The highest BCUT2D eigenvalue weighted by Crippen LogP contribution is 2.44. The first-order valence-electron chi connectivity index (χ1n) is 11.6. The highest BCUT2D eigenvalue weighted by molar-refractivity contribution is 5.30. The molecule has 0 bridgehead atoms. The summed E-state index contributed by atoms with van der Waals surface area (Å²) in [6.07, 6.45) is 7.22. The number of hydrogen-bond acceptors (Lipinski definition) is 1. The molecule has 1 nitrogen and oxygen atoms in total. The van der Waals surface area contributed by atoms with E-state index < -0.39 is 6.11 Å². The van der Waals surface area contributed by atoms with E-state index in [0.29, 0.717) is 5.92 Å². The summed E-state index contributed by atoms with van der Waals surface area (Å²) in [6.45, 7) is 4.30. The second-order valence-corrected chi connectivity index (χ2v) is 9.69. The lowest BCUT2D eigenvalue weighted by Gasteiger charge is -2.37. The van der Waals surface area contributed by atoms with Gasteiger partial charge in [0, 0.05) is 0 Å². The molecule has 0 saturated heterocycles. The van der Waals surface area contributed by atoms with Crippen molar-refractivity contribution in [1.82, 2.24) is 0 Å². The molecule has 0 aliphatic heterocycles. The molecule has 0 atom stereocenters. The lowest BCUT2D eigenvalue weighted by atomic mass is 9.68. The minimum Gasteiger partial charge on any atom is -0.429 e. The van der Waals surface area contributed by atoms with Crippen molar-refractivity contribution in [3.05, 3.63) is 65.2 Å². The average Bonchev–Trinajstić information content (AvgIpc) is 2.76. The van der Waals surface area contributed by atoms with Gasteiger partial charge in [-0.05, 0) is 98.9 Å². The third kappa shape index (κ3) is 5.04. The standard InChI is InChI=1S/C27H34F2O/c1-19-3-7-21(8-4-19)22-9-11-23(12-10-22)24-13-15-25(16-14-24)27(28,29)30-26-17-5-20(2)6-18-26/h5-6,13-19,21-23H,3-4,7-12H2,1-2H3. The Hall–Kier alpha value is -1.90. The minimum atomic E-state index is -3.33. The molecule has 3 heteroatoms. The Balaban J connectivity index is 1.34. The number of halogens is 2. The van der Waals surface area contributed by atoms with Crippen LogP contribution in [0.25, 0.3) is 0 Å². The highest BCUT2D eigenvalue weighted by Gasteiger charge is 2.35. The van der Waals surface area contributed by atoms with Crippen molar-refractivity contribution in [3.63, 3.8) is 0 Å². The van der Waals surface area contributed by atoms with Crippen molar-refractivity contribution in [1.29, 1.82) is 0 Å². The Labute approximate surface area is 179 Å². The SMILES string of the molecule is Cc1ccc(OC(F)(F)c2ccc(C3CCC(C4CCC(C)CC4)CC3)cc2)cc1. The van der Waals surface area contributed by atoms with Crippen molar-refractivity contribution in [3.8, 4) is 5.75 Å². The Morgan fingerprint density at radius 1 is 0.733 bits per heavy atom. The van der Waals surface area contributed by atoms with E-state index in [0.717, 1.165) is 23.3 Å². The Kier molecular flexibility index (Phi) is 6.46. The van der Waals surface area contributed by atoms with Gasteiger partial charge in [0.05, 0.1) is 5.56 Å². The predicted octanol–water partition coefficient (Wildman–Crippen LogP) is 8.22. The monoisotopic (exact) mass is 412 g/mol. The maximum absolute atomic E-state index is 14.6. The molecule has 2 fully saturated rings. The molecule has 2 aromatic rings. The van der Waals surface area contributed by atoms with Gasteiger partial charge in [-0.25, -0.2) is 0 Å². The second kappa shape index (κ2) is 9.08. The summed E-state index contributed by atoms with van der Waals surface area (Å²) in [6, 6.07) is 13.6. The normalized spacial score (nSPS) is 27.6. The molecule has 0 heterocycles. The van der Waals surface area contributed by atoms with Crippen molar-refractivity contribution in [2.24, 2.45) is 17.8 Å². The molecule has 2 aliphatic carbocycles. The van der Waals surface area contributed by atoms with E-state index in [-0.39, 0.29) is 11.3 Å². The van der Waals surface area contributed by atoms with Gasteiger partial charge < -0.3 is 4.74 Å². The van der Waals surface area contributed by atoms with Crippen LogP contribution in [0.3, 0.4) is 0 Å². The Morgan fingerprint density at radius 3 is 1.83 bits per heavy atom. The molecule has 2 aliphatic rings. The second-order valence-electron chi connectivity index (χ2n) is 9.69. The van der Waals surface area contributed by atoms with Crippen LogP contribution in [0.5, 0.6) is 5.75 Å². The molecule has 30 heavy (non-hydrogen) atoms. The number of benzene rings is 2. The molecule has 2 aromatic carbocycles. The first kappa shape index (κ1) is 21.3. The number of rotatable bonds is 5. The zero-order valence-electron chi connectivity index (χ0n) is 18.2. The first-order chi connectivity index (χ1) is 14.4. The van der Waals surface area contributed by atoms with E-state index in [9.17, 15) is 8.78 Å². The van der Waals surface area contributed by atoms with Crippen molar-refractivity contribution in [2.75, 3.05) is 0 Å². The zero-order chi connectivity index (χ0) is 21.1. The molecule has 2 saturated carbocycles. The molecule has 162 valence electrons. The molecule has 0 radical (unpaired) electrons. The van der Waals surface area contributed by atoms with Gasteiger partial charge in [0.2, 0.25) is 0 Å². The fourth-order valence-corrected chi connectivity index (χ4v) is 5.44. The van der Waals surface area contributed by atoms with Crippen LogP contribution in [0.15, 0.2) is 48.5 Å². The smallest absolute Gasteiger partial charge is 0.426 e. The van der Waals surface area contributed by atoms with Gasteiger partial charge >= 0.3 is 6.11 Å². The van der Waals surface area contributed by atoms with E-state index in [4.69, 9.17) is 4.74 Å².